The van der Waals surface area contributed by atoms with Crippen molar-refractivity contribution >= 4 is 23.0 Å². The Morgan fingerprint density at radius 3 is 2.69 bits per heavy atom. The van der Waals surface area contributed by atoms with E-state index in [1.54, 1.807) is 24.3 Å². The van der Waals surface area contributed by atoms with Gasteiger partial charge >= 0.3 is 0 Å². The van der Waals surface area contributed by atoms with Gasteiger partial charge in [-0.3, -0.25) is 5.43 Å². The summed E-state index contributed by atoms with van der Waals surface area (Å²) in [7, 11) is 0. The Morgan fingerprint density at radius 2 is 2.12 bits per heavy atom. The van der Waals surface area contributed by atoms with Crippen molar-refractivity contribution in [3.05, 3.63) is 28.8 Å². The summed E-state index contributed by atoms with van der Waals surface area (Å²) in [5.74, 6) is 0. The molecule has 16 heavy (non-hydrogen) atoms. The standard InChI is InChI=1S/C11H9ClN4/c1-2-8-3-4-9(12)5-11(8)16-15-10(6-13)7-14/h3-5,16H,2H2,1H3. The maximum Gasteiger partial charge on any atom is 0.237 e. The molecule has 0 saturated carbocycles. The lowest BCUT2D eigenvalue weighted by molar-refractivity contribution is 1.13. The lowest BCUT2D eigenvalue weighted by Gasteiger charge is -2.06. The van der Waals surface area contributed by atoms with E-state index < -0.39 is 0 Å². The van der Waals surface area contributed by atoms with Crippen LogP contribution in [0.4, 0.5) is 5.69 Å². The minimum atomic E-state index is -0.220. The molecular weight excluding hydrogens is 224 g/mol. The van der Waals surface area contributed by atoms with Gasteiger partial charge in [0.2, 0.25) is 5.71 Å². The molecule has 0 bridgehead atoms. The summed E-state index contributed by atoms with van der Waals surface area (Å²) in [5, 5.41) is 21.3. The maximum absolute atomic E-state index is 8.52. The van der Waals surface area contributed by atoms with Crippen LogP contribution in [0.15, 0.2) is 23.3 Å². The summed E-state index contributed by atoms with van der Waals surface area (Å²) in [6.07, 6.45) is 0.809. The van der Waals surface area contributed by atoms with E-state index in [4.69, 9.17) is 22.1 Å². The zero-order valence-electron chi connectivity index (χ0n) is 8.66. The molecule has 0 aliphatic heterocycles. The topological polar surface area (TPSA) is 72.0 Å². The number of hydrogen-bond acceptors (Lipinski definition) is 4. The molecule has 0 fully saturated rings. The molecular formula is C11H9ClN4. The first kappa shape index (κ1) is 12.0. The zero-order valence-corrected chi connectivity index (χ0v) is 9.41. The van der Waals surface area contributed by atoms with Crippen molar-refractivity contribution in [2.75, 3.05) is 5.43 Å². The average molecular weight is 233 g/mol. The van der Waals surface area contributed by atoms with Gasteiger partial charge in [-0.15, -0.1) is 0 Å². The molecule has 1 aromatic carbocycles. The molecule has 80 valence electrons. The Balaban J connectivity index is 2.98. The summed E-state index contributed by atoms with van der Waals surface area (Å²) < 4.78 is 0. The van der Waals surface area contributed by atoms with Crippen molar-refractivity contribution in [2.45, 2.75) is 13.3 Å². The molecule has 1 rings (SSSR count). The van der Waals surface area contributed by atoms with Crippen LogP contribution in [0.5, 0.6) is 0 Å². The van der Waals surface area contributed by atoms with E-state index >= 15 is 0 Å². The van der Waals surface area contributed by atoms with Gasteiger partial charge in [-0.1, -0.05) is 24.6 Å². The Morgan fingerprint density at radius 1 is 1.44 bits per heavy atom. The Bertz CT molecular complexity index is 478. The number of hydrogen-bond donors (Lipinski definition) is 1. The number of aryl methyl sites for hydroxylation is 1. The molecule has 1 aromatic rings. The van der Waals surface area contributed by atoms with Crippen LogP contribution in [0.1, 0.15) is 12.5 Å². The van der Waals surface area contributed by atoms with Gasteiger partial charge < -0.3 is 0 Å². The molecule has 0 atom stereocenters. The second kappa shape index (κ2) is 5.75. The molecule has 0 aliphatic rings. The van der Waals surface area contributed by atoms with Crippen LogP contribution in [0.3, 0.4) is 0 Å². The molecule has 4 nitrogen and oxygen atoms in total. The number of nitriles is 2. The quantitative estimate of drug-likeness (QED) is 0.643. The number of anilines is 1. The average Bonchev–Trinajstić information content (AvgIpc) is 2.30. The van der Waals surface area contributed by atoms with Crippen molar-refractivity contribution in [1.82, 2.24) is 0 Å². The normalized spacial score (nSPS) is 8.75. The third-order valence-electron chi connectivity index (χ3n) is 1.95. The molecule has 5 heteroatoms. The smallest absolute Gasteiger partial charge is 0.237 e. The van der Waals surface area contributed by atoms with Crippen molar-refractivity contribution in [3.63, 3.8) is 0 Å². The molecule has 0 amide bonds. The van der Waals surface area contributed by atoms with Crippen molar-refractivity contribution in [1.29, 1.82) is 10.5 Å². The van der Waals surface area contributed by atoms with Crippen molar-refractivity contribution < 1.29 is 0 Å². The Labute approximate surface area is 98.8 Å². The highest BCUT2D eigenvalue weighted by atomic mass is 35.5. The number of nitrogens with zero attached hydrogens (tertiary/aromatic N) is 3. The fraction of sp³-hybridized carbons (Fsp3) is 0.182. The third kappa shape index (κ3) is 2.98. The van der Waals surface area contributed by atoms with Crippen LogP contribution in [-0.2, 0) is 6.42 Å². The number of benzene rings is 1. The monoisotopic (exact) mass is 232 g/mol. The van der Waals surface area contributed by atoms with Gasteiger partial charge in [-0.05, 0) is 24.1 Å². The van der Waals surface area contributed by atoms with E-state index in [9.17, 15) is 0 Å². The Kier molecular flexibility index (Phi) is 4.32. The van der Waals surface area contributed by atoms with E-state index in [1.807, 2.05) is 13.0 Å². The SMILES string of the molecule is CCc1ccc(Cl)cc1NN=C(C#N)C#N. The lowest BCUT2D eigenvalue weighted by atomic mass is 10.1. The van der Waals surface area contributed by atoms with Crippen LogP contribution >= 0.6 is 11.6 Å². The van der Waals surface area contributed by atoms with E-state index in [-0.39, 0.29) is 5.71 Å². The Hall–Kier alpha value is -2.04. The fourth-order valence-electron chi connectivity index (χ4n) is 1.15. The minimum absolute atomic E-state index is 0.220. The van der Waals surface area contributed by atoms with Crippen LogP contribution in [0, 0.1) is 22.7 Å². The highest BCUT2D eigenvalue weighted by Gasteiger charge is 2.01. The van der Waals surface area contributed by atoms with Crippen LogP contribution in [0.25, 0.3) is 0 Å². The maximum atomic E-state index is 8.52. The first-order valence-corrected chi connectivity index (χ1v) is 5.01. The van der Waals surface area contributed by atoms with Crippen molar-refractivity contribution in [3.8, 4) is 12.1 Å². The van der Waals surface area contributed by atoms with Gasteiger partial charge in [-0.2, -0.15) is 15.6 Å². The lowest BCUT2D eigenvalue weighted by Crippen LogP contribution is -1.99. The van der Waals surface area contributed by atoms with Gasteiger partial charge in [-0.25, -0.2) is 0 Å². The number of rotatable bonds is 3. The molecule has 0 aromatic heterocycles. The number of nitrogens with one attached hydrogen (secondary N) is 1. The molecule has 0 spiro atoms. The van der Waals surface area contributed by atoms with Gasteiger partial charge in [0.05, 0.1) is 5.69 Å². The highest BCUT2D eigenvalue weighted by molar-refractivity contribution is 6.30. The molecule has 1 N–H and O–H groups in total. The summed E-state index contributed by atoms with van der Waals surface area (Å²) in [6, 6.07) is 8.70. The zero-order chi connectivity index (χ0) is 12.0. The molecule has 0 aliphatic carbocycles. The van der Waals surface area contributed by atoms with Gasteiger partial charge in [0.25, 0.3) is 0 Å². The van der Waals surface area contributed by atoms with E-state index in [2.05, 4.69) is 10.5 Å². The van der Waals surface area contributed by atoms with E-state index in [0.29, 0.717) is 10.7 Å². The molecule has 0 radical (unpaired) electrons. The largest absolute Gasteiger partial charge is 0.276 e. The van der Waals surface area contributed by atoms with Crippen LogP contribution in [-0.4, -0.2) is 5.71 Å². The van der Waals surface area contributed by atoms with E-state index in [0.717, 1.165) is 12.0 Å². The summed E-state index contributed by atoms with van der Waals surface area (Å²) in [5.41, 5.74) is 4.17. The second-order valence-electron chi connectivity index (χ2n) is 2.95. The molecule has 0 unspecified atom stereocenters. The fourth-order valence-corrected chi connectivity index (χ4v) is 1.32. The van der Waals surface area contributed by atoms with Crippen molar-refractivity contribution in [2.24, 2.45) is 5.10 Å². The first-order chi connectivity index (χ1) is 7.71. The van der Waals surface area contributed by atoms with Gasteiger partial charge in [0.1, 0.15) is 12.1 Å². The molecule has 0 saturated heterocycles. The summed E-state index contributed by atoms with van der Waals surface area (Å²) >= 11 is 5.84. The van der Waals surface area contributed by atoms with Gasteiger partial charge in [0, 0.05) is 5.02 Å². The predicted molar refractivity (Wildman–Crippen MR) is 63.1 cm³/mol. The van der Waals surface area contributed by atoms with E-state index in [1.165, 1.54) is 0 Å². The highest BCUT2D eigenvalue weighted by Crippen LogP contribution is 2.21. The van der Waals surface area contributed by atoms with Crippen LogP contribution < -0.4 is 5.43 Å². The molecule has 0 heterocycles. The minimum Gasteiger partial charge on any atom is -0.276 e. The summed E-state index contributed by atoms with van der Waals surface area (Å²) in [4.78, 5) is 0. The second-order valence-corrected chi connectivity index (χ2v) is 3.39. The number of hydrazone groups is 1. The number of halogens is 1. The summed E-state index contributed by atoms with van der Waals surface area (Å²) in [6.45, 7) is 1.99. The van der Waals surface area contributed by atoms with Crippen LogP contribution in [0.2, 0.25) is 5.02 Å². The first-order valence-electron chi connectivity index (χ1n) is 4.63. The third-order valence-corrected chi connectivity index (χ3v) is 2.19. The van der Waals surface area contributed by atoms with Gasteiger partial charge in [0.15, 0.2) is 0 Å². The predicted octanol–water partition coefficient (Wildman–Crippen LogP) is 2.72.